The minimum absolute atomic E-state index is 0.516. The molecule has 2 aliphatic heterocycles. The Bertz CT molecular complexity index is 421. The molecule has 0 aliphatic carbocycles. The van der Waals surface area contributed by atoms with E-state index in [4.69, 9.17) is 9.47 Å². The summed E-state index contributed by atoms with van der Waals surface area (Å²) in [4.78, 5) is 2.55. The number of para-hydroxylation sites is 1. The molecule has 2 heterocycles. The van der Waals surface area contributed by atoms with Gasteiger partial charge in [-0.25, -0.2) is 0 Å². The van der Waals surface area contributed by atoms with E-state index < -0.39 is 0 Å². The lowest BCUT2D eigenvalue weighted by molar-refractivity contribution is -0.0676. The molecule has 2 fully saturated rings. The summed E-state index contributed by atoms with van der Waals surface area (Å²) in [6.07, 6.45) is 4.25. The standard InChI is InChI=1S/C16H23NO2/c1-18-15-7-3-2-5-13(15)11-17-9-8-16-14(12-17)6-4-10-19-16/h2-3,5,7,14,16H,4,6,8-12H2,1H3/t14-,16-/m1/s1. The minimum atomic E-state index is 0.516. The van der Waals surface area contributed by atoms with Crippen molar-refractivity contribution in [1.29, 1.82) is 0 Å². The van der Waals surface area contributed by atoms with Crippen LogP contribution in [0.2, 0.25) is 0 Å². The molecule has 3 rings (SSSR count). The maximum atomic E-state index is 5.87. The number of rotatable bonds is 3. The number of likely N-dealkylation sites (tertiary alicyclic amines) is 1. The molecule has 104 valence electrons. The van der Waals surface area contributed by atoms with Gasteiger partial charge in [-0.2, -0.15) is 0 Å². The van der Waals surface area contributed by atoms with Crippen LogP contribution < -0.4 is 4.74 Å². The fraction of sp³-hybridized carbons (Fsp3) is 0.625. The lowest BCUT2D eigenvalue weighted by Crippen LogP contribution is -2.45. The molecule has 2 atom stereocenters. The van der Waals surface area contributed by atoms with Crippen LogP contribution in [0.3, 0.4) is 0 Å². The van der Waals surface area contributed by atoms with Gasteiger partial charge in [0.15, 0.2) is 0 Å². The summed E-state index contributed by atoms with van der Waals surface area (Å²) in [7, 11) is 1.75. The number of benzene rings is 1. The maximum absolute atomic E-state index is 5.87. The first-order chi connectivity index (χ1) is 9.36. The molecule has 19 heavy (non-hydrogen) atoms. The molecular weight excluding hydrogens is 238 g/mol. The topological polar surface area (TPSA) is 21.7 Å². The van der Waals surface area contributed by atoms with Crippen molar-refractivity contribution in [2.45, 2.75) is 31.9 Å². The largest absolute Gasteiger partial charge is 0.496 e. The van der Waals surface area contributed by atoms with E-state index in [2.05, 4.69) is 17.0 Å². The summed E-state index contributed by atoms with van der Waals surface area (Å²) >= 11 is 0. The molecule has 1 aromatic rings. The molecule has 0 saturated carbocycles. The highest BCUT2D eigenvalue weighted by Gasteiger charge is 2.32. The molecule has 0 N–H and O–H groups in total. The average Bonchev–Trinajstić information content (AvgIpc) is 2.48. The third-order valence-corrected chi connectivity index (χ3v) is 4.39. The molecule has 2 saturated heterocycles. The van der Waals surface area contributed by atoms with E-state index in [0.717, 1.165) is 31.4 Å². The first kappa shape index (κ1) is 12.9. The van der Waals surface area contributed by atoms with Crippen LogP contribution in [0, 0.1) is 5.92 Å². The maximum Gasteiger partial charge on any atom is 0.123 e. The van der Waals surface area contributed by atoms with E-state index in [9.17, 15) is 0 Å². The molecule has 1 aromatic carbocycles. The monoisotopic (exact) mass is 261 g/mol. The van der Waals surface area contributed by atoms with Gasteiger partial charge in [0.1, 0.15) is 5.75 Å². The summed E-state index contributed by atoms with van der Waals surface area (Å²) in [6, 6.07) is 8.34. The number of nitrogens with zero attached hydrogens (tertiary/aromatic N) is 1. The fourth-order valence-corrected chi connectivity index (χ4v) is 3.38. The third-order valence-electron chi connectivity index (χ3n) is 4.39. The van der Waals surface area contributed by atoms with Gasteiger partial charge in [0, 0.05) is 31.8 Å². The molecule has 0 aromatic heterocycles. The van der Waals surface area contributed by atoms with Gasteiger partial charge in [0.25, 0.3) is 0 Å². The van der Waals surface area contributed by atoms with Crippen LogP contribution in [-0.4, -0.2) is 37.8 Å². The number of methoxy groups -OCH3 is 1. The van der Waals surface area contributed by atoms with E-state index in [1.54, 1.807) is 7.11 Å². The van der Waals surface area contributed by atoms with Crippen LogP contribution in [-0.2, 0) is 11.3 Å². The van der Waals surface area contributed by atoms with E-state index in [-0.39, 0.29) is 0 Å². The molecule has 0 spiro atoms. The van der Waals surface area contributed by atoms with E-state index >= 15 is 0 Å². The smallest absolute Gasteiger partial charge is 0.123 e. The Morgan fingerprint density at radius 3 is 3.11 bits per heavy atom. The SMILES string of the molecule is COc1ccccc1CN1CC[C@H]2OCCC[C@@H]2C1. The van der Waals surface area contributed by atoms with Crippen molar-refractivity contribution in [3.8, 4) is 5.75 Å². The zero-order valence-electron chi connectivity index (χ0n) is 11.7. The zero-order valence-corrected chi connectivity index (χ0v) is 11.7. The van der Waals surface area contributed by atoms with Crippen LogP contribution in [0.5, 0.6) is 5.75 Å². The van der Waals surface area contributed by atoms with Crippen LogP contribution in [0.25, 0.3) is 0 Å². The summed E-state index contributed by atoms with van der Waals surface area (Å²) in [5.74, 6) is 1.74. The quantitative estimate of drug-likeness (QED) is 0.835. The highest BCUT2D eigenvalue weighted by atomic mass is 16.5. The molecule has 0 amide bonds. The number of hydrogen-bond donors (Lipinski definition) is 0. The second-order valence-electron chi connectivity index (χ2n) is 5.65. The highest BCUT2D eigenvalue weighted by molar-refractivity contribution is 5.33. The van der Waals surface area contributed by atoms with Gasteiger partial charge in [-0.05, 0) is 31.2 Å². The lowest BCUT2D eigenvalue weighted by atomic mass is 9.88. The van der Waals surface area contributed by atoms with Crippen molar-refractivity contribution in [3.63, 3.8) is 0 Å². The van der Waals surface area contributed by atoms with Gasteiger partial charge in [-0.3, -0.25) is 4.90 Å². The second-order valence-corrected chi connectivity index (χ2v) is 5.65. The number of ether oxygens (including phenoxy) is 2. The molecular formula is C16H23NO2. The Kier molecular flexibility index (Phi) is 4.04. The lowest BCUT2D eigenvalue weighted by Gasteiger charge is -2.41. The van der Waals surface area contributed by atoms with E-state index in [1.807, 2.05) is 12.1 Å². The Morgan fingerprint density at radius 2 is 2.21 bits per heavy atom. The van der Waals surface area contributed by atoms with Crippen molar-refractivity contribution < 1.29 is 9.47 Å². The van der Waals surface area contributed by atoms with Crippen LogP contribution in [0.4, 0.5) is 0 Å². The van der Waals surface area contributed by atoms with Gasteiger partial charge in [-0.15, -0.1) is 0 Å². The Hall–Kier alpha value is -1.06. The summed E-state index contributed by atoms with van der Waals surface area (Å²) in [6.45, 7) is 4.27. The summed E-state index contributed by atoms with van der Waals surface area (Å²) in [5.41, 5.74) is 1.29. The van der Waals surface area contributed by atoms with Crippen LogP contribution >= 0.6 is 0 Å². The Labute approximate surface area is 115 Å². The van der Waals surface area contributed by atoms with Gasteiger partial charge in [0.05, 0.1) is 13.2 Å². The fourth-order valence-electron chi connectivity index (χ4n) is 3.38. The molecule has 3 heteroatoms. The van der Waals surface area contributed by atoms with Gasteiger partial charge < -0.3 is 9.47 Å². The van der Waals surface area contributed by atoms with E-state index in [0.29, 0.717) is 6.10 Å². The number of piperidine rings is 1. The molecule has 0 unspecified atom stereocenters. The van der Waals surface area contributed by atoms with Crippen LogP contribution in [0.1, 0.15) is 24.8 Å². The Morgan fingerprint density at radius 1 is 1.32 bits per heavy atom. The Balaban J connectivity index is 1.64. The first-order valence-corrected chi connectivity index (χ1v) is 7.32. The second kappa shape index (κ2) is 5.93. The van der Waals surface area contributed by atoms with Crippen molar-refractivity contribution in [1.82, 2.24) is 4.90 Å². The van der Waals surface area contributed by atoms with Gasteiger partial charge in [0.2, 0.25) is 0 Å². The molecule has 3 nitrogen and oxygen atoms in total. The van der Waals surface area contributed by atoms with Gasteiger partial charge in [-0.1, -0.05) is 18.2 Å². The predicted octanol–water partition coefficient (Wildman–Crippen LogP) is 2.70. The van der Waals surface area contributed by atoms with Gasteiger partial charge >= 0.3 is 0 Å². The number of fused-ring (bicyclic) bond motifs is 1. The van der Waals surface area contributed by atoms with Crippen molar-refractivity contribution in [2.24, 2.45) is 5.92 Å². The summed E-state index contributed by atoms with van der Waals surface area (Å²) in [5, 5.41) is 0. The zero-order chi connectivity index (χ0) is 13.1. The normalized spacial score (nSPS) is 27.8. The first-order valence-electron chi connectivity index (χ1n) is 7.32. The predicted molar refractivity (Wildman–Crippen MR) is 75.4 cm³/mol. The molecule has 0 radical (unpaired) electrons. The van der Waals surface area contributed by atoms with Crippen molar-refractivity contribution in [2.75, 3.05) is 26.8 Å². The molecule has 0 bridgehead atoms. The van der Waals surface area contributed by atoms with Crippen molar-refractivity contribution >= 4 is 0 Å². The highest BCUT2D eigenvalue weighted by Crippen LogP contribution is 2.30. The minimum Gasteiger partial charge on any atom is -0.496 e. The van der Waals surface area contributed by atoms with Crippen LogP contribution in [0.15, 0.2) is 24.3 Å². The third kappa shape index (κ3) is 2.93. The van der Waals surface area contributed by atoms with E-state index in [1.165, 1.54) is 31.4 Å². The number of hydrogen-bond acceptors (Lipinski definition) is 3. The summed E-state index contributed by atoms with van der Waals surface area (Å²) < 4.78 is 11.3. The van der Waals surface area contributed by atoms with Crippen molar-refractivity contribution in [3.05, 3.63) is 29.8 Å². The average molecular weight is 261 g/mol. The molecule has 2 aliphatic rings.